The Balaban J connectivity index is 1.34. The average Bonchev–Trinajstić information content (AvgIpc) is 3.08. The third kappa shape index (κ3) is 4.78. The quantitative estimate of drug-likeness (QED) is 0.565. The predicted octanol–water partition coefficient (Wildman–Crippen LogP) is 5.70. The Morgan fingerprint density at radius 3 is 2.57 bits per heavy atom. The SMILES string of the molecule is CCCCc1cc2c(cc1OC)CC(CC1CCN(Cc3ccccc3)CC1)C2=O. The number of rotatable bonds is 8. The molecule has 0 bridgehead atoms. The number of Topliss-reactive ketones (excluding diaryl/α,β-unsaturated/α-hetero) is 1. The standard InChI is InChI=1S/C27H35NO2/c1-3-4-10-22-17-25-23(18-26(22)30-2)16-24(27(25)29)15-20-11-13-28(14-12-20)19-21-8-6-5-7-9-21/h5-9,17-18,20,24H,3-4,10-16,19H2,1-2H3. The molecule has 1 heterocycles. The molecule has 1 atom stereocenters. The third-order valence-corrected chi connectivity index (χ3v) is 6.98. The first-order valence-corrected chi connectivity index (χ1v) is 11.7. The molecule has 2 aromatic carbocycles. The van der Waals surface area contributed by atoms with E-state index >= 15 is 0 Å². The number of aryl methyl sites for hydroxylation is 1. The van der Waals surface area contributed by atoms with Gasteiger partial charge in [-0.05, 0) is 86.4 Å². The molecule has 30 heavy (non-hydrogen) atoms. The third-order valence-electron chi connectivity index (χ3n) is 6.98. The number of fused-ring (bicyclic) bond motifs is 1. The first kappa shape index (κ1) is 21.1. The van der Waals surface area contributed by atoms with Crippen LogP contribution in [0.1, 0.15) is 66.1 Å². The van der Waals surface area contributed by atoms with Crippen molar-refractivity contribution in [3.63, 3.8) is 0 Å². The van der Waals surface area contributed by atoms with Gasteiger partial charge in [-0.1, -0.05) is 43.7 Å². The fourth-order valence-corrected chi connectivity index (χ4v) is 5.21. The highest BCUT2D eigenvalue weighted by molar-refractivity contribution is 6.02. The summed E-state index contributed by atoms with van der Waals surface area (Å²) in [5.74, 6) is 2.17. The van der Waals surface area contributed by atoms with Gasteiger partial charge in [-0.3, -0.25) is 9.69 Å². The molecule has 1 unspecified atom stereocenters. The topological polar surface area (TPSA) is 29.5 Å². The van der Waals surface area contributed by atoms with Gasteiger partial charge in [0, 0.05) is 18.0 Å². The van der Waals surface area contributed by atoms with Crippen molar-refractivity contribution in [2.45, 2.75) is 58.4 Å². The monoisotopic (exact) mass is 405 g/mol. The summed E-state index contributed by atoms with van der Waals surface area (Å²) in [4.78, 5) is 15.7. The van der Waals surface area contributed by atoms with E-state index in [1.807, 2.05) is 0 Å². The van der Waals surface area contributed by atoms with Gasteiger partial charge in [0.2, 0.25) is 0 Å². The van der Waals surface area contributed by atoms with Crippen molar-refractivity contribution in [3.8, 4) is 5.75 Å². The second-order valence-corrected chi connectivity index (χ2v) is 9.13. The molecule has 0 saturated carbocycles. The molecule has 2 aliphatic rings. The number of carbonyl (C=O) groups is 1. The highest BCUT2D eigenvalue weighted by Crippen LogP contribution is 2.37. The highest BCUT2D eigenvalue weighted by atomic mass is 16.5. The van der Waals surface area contributed by atoms with Crippen molar-refractivity contribution >= 4 is 5.78 Å². The van der Waals surface area contributed by atoms with Gasteiger partial charge in [0.15, 0.2) is 5.78 Å². The Kier molecular flexibility index (Phi) is 6.89. The lowest BCUT2D eigenvalue weighted by molar-refractivity contribution is 0.0895. The number of methoxy groups -OCH3 is 1. The maximum atomic E-state index is 13.2. The number of hydrogen-bond donors (Lipinski definition) is 0. The molecule has 0 radical (unpaired) electrons. The molecular weight excluding hydrogens is 370 g/mol. The number of ketones is 1. The van der Waals surface area contributed by atoms with Crippen molar-refractivity contribution in [2.24, 2.45) is 11.8 Å². The highest BCUT2D eigenvalue weighted by Gasteiger charge is 2.34. The molecule has 0 N–H and O–H groups in total. The predicted molar refractivity (Wildman–Crippen MR) is 122 cm³/mol. The smallest absolute Gasteiger partial charge is 0.166 e. The van der Waals surface area contributed by atoms with E-state index in [0.717, 1.165) is 63.1 Å². The number of nitrogens with zero attached hydrogens (tertiary/aromatic N) is 1. The Morgan fingerprint density at radius 2 is 1.87 bits per heavy atom. The van der Waals surface area contributed by atoms with Gasteiger partial charge in [0.1, 0.15) is 5.75 Å². The zero-order valence-electron chi connectivity index (χ0n) is 18.5. The number of benzene rings is 2. The molecule has 4 rings (SSSR count). The fraction of sp³-hybridized carbons (Fsp3) is 0.519. The number of hydrogen-bond acceptors (Lipinski definition) is 3. The molecule has 0 amide bonds. The van der Waals surface area contributed by atoms with E-state index < -0.39 is 0 Å². The molecule has 1 aliphatic carbocycles. The zero-order chi connectivity index (χ0) is 20.9. The van der Waals surface area contributed by atoms with Crippen molar-refractivity contribution in [1.82, 2.24) is 4.90 Å². The lowest BCUT2D eigenvalue weighted by Crippen LogP contribution is -2.34. The number of likely N-dealkylation sites (tertiary alicyclic amines) is 1. The molecule has 1 aliphatic heterocycles. The maximum absolute atomic E-state index is 13.2. The Hall–Kier alpha value is -2.13. The van der Waals surface area contributed by atoms with Crippen LogP contribution in [-0.4, -0.2) is 30.9 Å². The van der Waals surface area contributed by atoms with E-state index in [2.05, 4.69) is 54.3 Å². The number of piperidine rings is 1. The van der Waals surface area contributed by atoms with Crippen LogP contribution in [0.15, 0.2) is 42.5 Å². The summed E-state index contributed by atoms with van der Waals surface area (Å²) >= 11 is 0. The Bertz CT molecular complexity index is 853. The summed E-state index contributed by atoms with van der Waals surface area (Å²) in [6, 6.07) is 15.0. The summed E-state index contributed by atoms with van der Waals surface area (Å²) in [7, 11) is 1.74. The summed E-state index contributed by atoms with van der Waals surface area (Å²) in [5, 5.41) is 0. The van der Waals surface area contributed by atoms with E-state index in [4.69, 9.17) is 4.74 Å². The van der Waals surface area contributed by atoms with Crippen molar-refractivity contribution in [1.29, 1.82) is 0 Å². The van der Waals surface area contributed by atoms with Crippen LogP contribution in [-0.2, 0) is 19.4 Å². The van der Waals surface area contributed by atoms with Gasteiger partial charge < -0.3 is 4.74 Å². The number of unbranched alkanes of at least 4 members (excludes halogenated alkanes) is 1. The van der Waals surface area contributed by atoms with Gasteiger partial charge in [-0.2, -0.15) is 0 Å². The maximum Gasteiger partial charge on any atom is 0.166 e. The zero-order valence-corrected chi connectivity index (χ0v) is 18.5. The number of ether oxygens (including phenoxy) is 1. The first-order chi connectivity index (χ1) is 14.7. The molecule has 1 fully saturated rings. The molecule has 3 heteroatoms. The summed E-state index contributed by atoms with van der Waals surface area (Å²) < 4.78 is 5.63. The molecule has 1 saturated heterocycles. The minimum absolute atomic E-state index is 0.164. The molecule has 2 aromatic rings. The van der Waals surface area contributed by atoms with Crippen LogP contribution in [0, 0.1) is 11.8 Å². The van der Waals surface area contributed by atoms with Crippen LogP contribution >= 0.6 is 0 Å². The lowest BCUT2D eigenvalue weighted by atomic mass is 9.85. The van der Waals surface area contributed by atoms with E-state index in [-0.39, 0.29) is 5.92 Å². The Morgan fingerprint density at radius 1 is 1.10 bits per heavy atom. The van der Waals surface area contributed by atoms with E-state index in [1.165, 1.54) is 29.5 Å². The lowest BCUT2D eigenvalue weighted by Gasteiger charge is -2.32. The summed E-state index contributed by atoms with van der Waals surface area (Å²) in [5.41, 5.74) is 4.75. The van der Waals surface area contributed by atoms with Gasteiger partial charge in [0.05, 0.1) is 7.11 Å². The van der Waals surface area contributed by atoms with E-state index in [0.29, 0.717) is 11.7 Å². The second-order valence-electron chi connectivity index (χ2n) is 9.13. The summed E-state index contributed by atoms with van der Waals surface area (Å²) in [6.07, 6.45) is 7.62. The van der Waals surface area contributed by atoms with Crippen LogP contribution in [0.25, 0.3) is 0 Å². The van der Waals surface area contributed by atoms with Crippen LogP contribution in [0.2, 0.25) is 0 Å². The van der Waals surface area contributed by atoms with Gasteiger partial charge in [-0.25, -0.2) is 0 Å². The van der Waals surface area contributed by atoms with Crippen LogP contribution < -0.4 is 4.74 Å². The molecule has 0 spiro atoms. The minimum Gasteiger partial charge on any atom is -0.496 e. The van der Waals surface area contributed by atoms with Crippen molar-refractivity contribution < 1.29 is 9.53 Å². The fourth-order valence-electron chi connectivity index (χ4n) is 5.21. The van der Waals surface area contributed by atoms with Crippen molar-refractivity contribution in [2.75, 3.05) is 20.2 Å². The molecule has 160 valence electrons. The normalized spacial score (nSPS) is 19.8. The van der Waals surface area contributed by atoms with Crippen LogP contribution in [0.5, 0.6) is 5.75 Å². The van der Waals surface area contributed by atoms with Gasteiger partial charge in [0.25, 0.3) is 0 Å². The van der Waals surface area contributed by atoms with Gasteiger partial charge >= 0.3 is 0 Å². The van der Waals surface area contributed by atoms with E-state index in [1.54, 1.807) is 7.11 Å². The van der Waals surface area contributed by atoms with E-state index in [9.17, 15) is 4.79 Å². The second kappa shape index (κ2) is 9.78. The molecular formula is C27H35NO2. The van der Waals surface area contributed by atoms with Crippen LogP contribution in [0.3, 0.4) is 0 Å². The molecule has 3 nitrogen and oxygen atoms in total. The number of carbonyl (C=O) groups excluding carboxylic acids is 1. The first-order valence-electron chi connectivity index (χ1n) is 11.7. The molecule has 0 aromatic heterocycles. The summed E-state index contributed by atoms with van der Waals surface area (Å²) in [6.45, 7) is 5.53. The minimum atomic E-state index is 0.164. The largest absolute Gasteiger partial charge is 0.496 e. The average molecular weight is 406 g/mol. The van der Waals surface area contributed by atoms with Crippen LogP contribution in [0.4, 0.5) is 0 Å². The van der Waals surface area contributed by atoms with Gasteiger partial charge in [-0.15, -0.1) is 0 Å². The van der Waals surface area contributed by atoms with Crippen molar-refractivity contribution in [3.05, 3.63) is 64.7 Å². The Labute approximate surface area is 181 Å².